The summed E-state index contributed by atoms with van der Waals surface area (Å²) >= 11 is 0. The van der Waals surface area contributed by atoms with E-state index in [9.17, 15) is 5.11 Å². The number of aliphatic hydroxyl groups is 1. The van der Waals surface area contributed by atoms with Crippen molar-refractivity contribution in [2.24, 2.45) is 0 Å². The van der Waals surface area contributed by atoms with Gasteiger partial charge in [0.05, 0.1) is 18.8 Å². The third kappa shape index (κ3) is 4.51. The molecule has 0 spiro atoms. The first-order valence-corrected chi connectivity index (χ1v) is 7.13. The molecule has 2 atom stereocenters. The summed E-state index contributed by atoms with van der Waals surface area (Å²) in [6, 6.07) is 14.2. The van der Waals surface area contributed by atoms with Gasteiger partial charge in [0.15, 0.2) is 0 Å². The minimum Gasteiger partial charge on any atom is -0.387 e. The monoisotopic (exact) mass is 289 g/mol. The Morgan fingerprint density at radius 3 is 2.52 bits per heavy atom. The minimum absolute atomic E-state index is 0.00111. The van der Waals surface area contributed by atoms with Crippen molar-refractivity contribution in [3.8, 4) is 0 Å². The van der Waals surface area contributed by atoms with Crippen molar-refractivity contribution in [2.75, 3.05) is 33.9 Å². The Balaban J connectivity index is 1.91. The third-order valence-corrected chi connectivity index (χ3v) is 3.55. The normalized spacial score (nSPS) is 14.2. The van der Waals surface area contributed by atoms with Crippen LogP contribution in [0, 0.1) is 0 Å². The molecule has 2 N–H and O–H groups in total. The molecule has 0 radical (unpaired) electrons. The Labute approximate surface area is 125 Å². The SMILES string of the molecule is COCC(CNCC(O)c1ccc2ccccc2c1)OC. The van der Waals surface area contributed by atoms with Crippen LogP contribution < -0.4 is 5.32 Å². The van der Waals surface area contributed by atoms with E-state index in [4.69, 9.17) is 9.47 Å². The summed E-state index contributed by atoms with van der Waals surface area (Å²) < 4.78 is 10.3. The number of fused-ring (bicyclic) bond motifs is 1. The van der Waals surface area contributed by atoms with Crippen molar-refractivity contribution in [2.45, 2.75) is 12.2 Å². The highest BCUT2D eigenvalue weighted by atomic mass is 16.5. The second-order valence-electron chi connectivity index (χ2n) is 5.09. The molecule has 114 valence electrons. The number of nitrogens with one attached hydrogen (secondary N) is 1. The lowest BCUT2D eigenvalue weighted by Crippen LogP contribution is -2.34. The Kier molecular flexibility index (Phi) is 6.14. The van der Waals surface area contributed by atoms with Crippen LogP contribution in [0.4, 0.5) is 0 Å². The molecular weight excluding hydrogens is 266 g/mol. The molecule has 0 amide bonds. The molecule has 0 bridgehead atoms. The number of benzene rings is 2. The van der Waals surface area contributed by atoms with E-state index in [0.29, 0.717) is 19.7 Å². The summed E-state index contributed by atoms with van der Waals surface area (Å²) in [5, 5.41) is 15.8. The van der Waals surface area contributed by atoms with E-state index in [2.05, 4.69) is 17.4 Å². The highest BCUT2D eigenvalue weighted by Gasteiger charge is 2.10. The number of hydrogen-bond acceptors (Lipinski definition) is 4. The van der Waals surface area contributed by atoms with Gasteiger partial charge in [-0.15, -0.1) is 0 Å². The third-order valence-electron chi connectivity index (χ3n) is 3.55. The van der Waals surface area contributed by atoms with Gasteiger partial charge in [0.1, 0.15) is 0 Å². The molecule has 0 saturated heterocycles. The van der Waals surface area contributed by atoms with Gasteiger partial charge in [-0.3, -0.25) is 0 Å². The van der Waals surface area contributed by atoms with Crippen molar-refractivity contribution >= 4 is 10.8 Å². The smallest absolute Gasteiger partial charge is 0.0928 e. The molecule has 0 saturated carbocycles. The maximum Gasteiger partial charge on any atom is 0.0928 e. The van der Waals surface area contributed by atoms with Gasteiger partial charge < -0.3 is 19.9 Å². The van der Waals surface area contributed by atoms with E-state index in [1.54, 1.807) is 14.2 Å². The van der Waals surface area contributed by atoms with E-state index in [1.165, 1.54) is 5.39 Å². The fraction of sp³-hybridized carbons (Fsp3) is 0.412. The van der Waals surface area contributed by atoms with Gasteiger partial charge in [-0.1, -0.05) is 36.4 Å². The van der Waals surface area contributed by atoms with Gasteiger partial charge in [-0.25, -0.2) is 0 Å². The van der Waals surface area contributed by atoms with E-state index < -0.39 is 6.10 Å². The molecular formula is C17H23NO3. The molecule has 0 aliphatic carbocycles. The summed E-state index contributed by atoms with van der Waals surface area (Å²) in [5.41, 5.74) is 0.918. The standard InChI is InChI=1S/C17H23NO3/c1-20-12-16(21-2)10-18-11-17(19)15-8-7-13-5-3-4-6-14(13)9-15/h3-9,16-19H,10-12H2,1-2H3. The molecule has 4 nitrogen and oxygen atoms in total. The molecule has 0 aromatic heterocycles. The van der Waals surface area contributed by atoms with Crippen LogP contribution >= 0.6 is 0 Å². The van der Waals surface area contributed by atoms with Crippen molar-refractivity contribution in [3.63, 3.8) is 0 Å². The lowest BCUT2D eigenvalue weighted by molar-refractivity contribution is 0.0270. The second-order valence-corrected chi connectivity index (χ2v) is 5.09. The zero-order valence-electron chi connectivity index (χ0n) is 12.6. The summed E-state index contributed by atoms with van der Waals surface area (Å²) in [4.78, 5) is 0. The maximum absolute atomic E-state index is 10.3. The lowest BCUT2D eigenvalue weighted by atomic mass is 10.0. The first-order chi connectivity index (χ1) is 10.2. The first kappa shape index (κ1) is 15.9. The van der Waals surface area contributed by atoms with Crippen molar-refractivity contribution in [1.29, 1.82) is 0 Å². The minimum atomic E-state index is -0.533. The summed E-state index contributed by atoms with van der Waals surface area (Å²) in [6.45, 7) is 1.67. The van der Waals surface area contributed by atoms with Gasteiger partial charge in [0, 0.05) is 27.3 Å². The first-order valence-electron chi connectivity index (χ1n) is 7.13. The van der Waals surface area contributed by atoms with Gasteiger partial charge in [-0.05, 0) is 22.4 Å². The molecule has 4 heteroatoms. The van der Waals surface area contributed by atoms with E-state index in [0.717, 1.165) is 10.9 Å². The van der Waals surface area contributed by atoms with E-state index in [-0.39, 0.29) is 6.10 Å². The van der Waals surface area contributed by atoms with Crippen LogP contribution in [0.3, 0.4) is 0 Å². The molecule has 2 rings (SSSR count). The Bertz CT molecular complexity index is 558. The fourth-order valence-electron chi connectivity index (χ4n) is 2.31. The van der Waals surface area contributed by atoms with Crippen LogP contribution in [0.2, 0.25) is 0 Å². The molecule has 0 aliphatic rings. The lowest BCUT2D eigenvalue weighted by Gasteiger charge is -2.17. The molecule has 2 aromatic rings. The summed E-state index contributed by atoms with van der Waals surface area (Å²) in [6.07, 6.45) is -0.534. The van der Waals surface area contributed by atoms with Crippen molar-refractivity contribution in [1.82, 2.24) is 5.32 Å². The topological polar surface area (TPSA) is 50.7 Å². The highest BCUT2D eigenvalue weighted by molar-refractivity contribution is 5.83. The number of rotatable bonds is 8. The van der Waals surface area contributed by atoms with Crippen LogP contribution in [0.25, 0.3) is 10.8 Å². The predicted molar refractivity (Wildman–Crippen MR) is 84.5 cm³/mol. The van der Waals surface area contributed by atoms with Crippen LogP contribution in [0.15, 0.2) is 42.5 Å². The van der Waals surface area contributed by atoms with E-state index >= 15 is 0 Å². The second kappa shape index (κ2) is 8.10. The number of methoxy groups -OCH3 is 2. The fourth-order valence-corrected chi connectivity index (χ4v) is 2.31. The average molecular weight is 289 g/mol. The molecule has 2 unspecified atom stereocenters. The van der Waals surface area contributed by atoms with Crippen molar-refractivity contribution in [3.05, 3.63) is 48.0 Å². The maximum atomic E-state index is 10.3. The van der Waals surface area contributed by atoms with Gasteiger partial charge in [0.25, 0.3) is 0 Å². The highest BCUT2D eigenvalue weighted by Crippen LogP contribution is 2.20. The van der Waals surface area contributed by atoms with Crippen molar-refractivity contribution < 1.29 is 14.6 Å². The largest absolute Gasteiger partial charge is 0.387 e. The zero-order valence-corrected chi connectivity index (χ0v) is 12.6. The van der Waals surface area contributed by atoms with Crippen LogP contribution in [-0.2, 0) is 9.47 Å². The van der Waals surface area contributed by atoms with Gasteiger partial charge in [-0.2, -0.15) is 0 Å². The number of aliphatic hydroxyl groups excluding tert-OH is 1. The molecule has 0 aliphatic heterocycles. The summed E-state index contributed by atoms with van der Waals surface area (Å²) in [5.74, 6) is 0. The number of hydrogen-bond donors (Lipinski definition) is 2. The predicted octanol–water partition coefficient (Wildman–Crippen LogP) is 2.12. The zero-order chi connectivity index (χ0) is 15.1. The Morgan fingerprint density at radius 2 is 1.81 bits per heavy atom. The molecule has 21 heavy (non-hydrogen) atoms. The Morgan fingerprint density at radius 1 is 1.05 bits per heavy atom. The van der Waals surface area contributed by atoms with Crippen LogP contribution in [-0.4, -0.2) is 45.1 Å². The summed E-state index contributed by atoms with van der Waals surface area (Å²) in [7, 11) is 3.31. The van der Waals surface area contributed by atoms with Crippen LogP contribution in [0.1, 0.15) is 11.7 Å². The average Bonchev–Trinajstić information content (AvgIpc) is 2.53. The molecule has 2 aromatic carbocycles. The Hall–Kier alpha value is -1.46. The van der Waals surface area contributed by atoms with Gasteiger partial charge in [0.2, 0.25) is 0 Å². The van der Waals surface area contributed by atoms with E-state index in [1.807, 2.05) is 30.3 Å². The van der Waals surface area contributed by atoms with Crippen LogP contribution in [0.5, 0.6) is 0 Å². The molecule has 0 heterocycles. The molecule has 0 fully saturated rings. The quantitative estimate of drug-likeness (QED) is 0.781. The number of ether oxygens (including phenoxy) is 2. The van der Waals surface area contributed by atoms with Gasteiger partial charge >= 0.3 is 0 Å².